The van der Waals surface area contributed by atoms with Gasteiger partial charge in [0, 0.05) is 6.54 Å². The number of nitrogens with one attached hydrogen (secondary N) is 1. The lowest BCUT2D eigenvalue weighted by molar-refractivity contribution is 0.259. The quantitative estimate of drug-likeness (QED) is 0.892. The number of halogens is 1. The number of methoxy groups -OCH3 is 1. The van der Waals surface area contributed by atoms with Crippen LogP contribution in [0.15, 0.2) is 18.2 Å². The Morgan fingerprint density at radius 3 is 2.89 bits per heavy atom. The summed E-state index contributed by atoms with van der Waals surface area (Å²) in [5, 5.41) is 4.30. The lowest BCUT2D eigenvalue weighted by Crippen LogP contribution is -2.45. The Balaban J connectivity index is 2.30. The minimum absolute atomic E-state index is 0.0544. The van der Waals surface area contributed by atoms with E-state index in [1.807, 2.05) is 12.1 Å². The van der Waals surface area contributed by atoms with Gasteiger partial charge in [0.15, 0.2) is 0 Å². The summed E-state index contributed by atoms with van der Waals surface area (Å²) >= 11 is 6.22. The zero-order valence-corrected chi connectivity index (χ0v) is 12.0. The molecule has 0 radical (unpaired) electrons. The molecule has 1 fully saturated rings. The summed E-state index contributed by atoms with van der Waals surface area (Å²) in [7, 11) is 3.80. The molecule has 1 heterocycles. The van der Waals surface area contributed by atoms with Crippen molar-refractivity contribution in [3.05, 3.63) is 28.8 Å². The van der Waals surface area contributed by atoms with Crippen LogP contribution in [0.1, 0.15) is 18.9 Å². The van der Waals surface area contributed by atoms with E-state index in [-0.39, 0.29) is 5.54 Å². The summed E-state index contributed by atoms with van der Waals surface area (Å²) in [4.78, 5) is 2.36. The first-order chi connectivity index (χ1) is 8.55. The van der Waals surface area contributed by atoms with Crippen LogP contribution < -0.4 is 10.1 Å². The average Bonchev–Trinajstić information content (AvgIpc) is 2.51. The van der Waals surface area contributed by atoms with Crippen LogP contribution in [0.2, 0.25) is 5.02 Å². The summed E-state index contributed by atoms with van der Waals surface area (Å²) in [6, 6.07) is 6.04. The van der Waals surface area contributed by atoms with Crippen molar-refractivity contribution in [1.82, 2.24) is 10.2 Å². The molecule has 1 aromatic carbocycles. The predicted molar refractivity (Wildman–Crippen MR) is 75.5 cm³/mol. The normalized spacial score (nSPS) is 25.8. The number of hydrogen-bond acceptors (Lipinski definition) is 3. The van der Waals surface area contributed by atoms with Crippen LogP contribution in [0, 0.1) is 0 Å². The van der Waals surface area contributed by atoms with Crippen LogP contribution in [0.4, 0.5) is 0 Å². The second-order valence-corrected chi connectivity index (χ2v) is 5.61. The summed E-state index contributed by atoms with van der Waals surface area (Å²) in [5.41, 5.74) is 1.16. The molecule has 1 aliphatic heterocycles. The first kappa shape index (κ1) is 13.7. The molecule has 1 saturated heterocycles. The Morgan fingerprint density at radius 1 is 1.44 bits per heavy atom. The molecular formula is C14H21ClN2O. The number of benzene rings is 1. The third kappa shape index (κ3) is 2.79. The summed E-state index contributed by atoms with van der Waals surface area (Å²) in [6.45, 7) is 5.37. The van der Waals surface area contributed by atoms with Crippen molar-refractivity contribution < 1.29 is 4.74 Å². The third-order valence-corrected chi connectivity index (χ3v) is 3.90. The molecule has 1 atom stereocenters. The Hall–Kier alpha value is -0.770. The average molecular weight is 269 g/mol. The zero-order valence-electron chi connectivity index (χ0n) is 11.3. The fraction of sp³-hybridized carbons (Fsp3) is 0.571. The Bertz CT molecular complexity index is 424. The lowest BCUT2D eigenvalue weighted by atomic mass is 9.91. The van der Waals surface area contributed by atoms with E-state index < -0.39 is 0 Å². The number of ether oxygens (including phenoxy) is 1. The van der Waals surface area contributed by atoms with Gasteiger partial charge in [-0.1, -0.05) is 17.7 Å². The summed E-state index contributed by atoms with van der Waals surface area (Å²) in [5.74, 6) is 0.728. The van der Waals surface area contributed by atoms with Crippen molar-refractivity contribution in [3.8, 4) is 5.75 Å². The molecule has 1 aliphatic rings. The van der Waals surface area contributed by atoms with Crippen molar-refractivity contribution in [2.45, 2.75) is 18.9 Å². The highest BCUT2D eigenvalue weighted by Crippen LogP contribution is 2.31. The van der Waals surface area contributed by atoms with E-state index in [1.165, 1.54) is 12.0 Å². The molecule has 1 unspecified atom stereocenters. The standard InChI is InChI=1S/C14H21ClN2O/c1-14(10-17(2)8-4-7-16-14)11-5-6-13(18-3)12(15)9-11/h5-6,9,16H,4,7-8,10H2,1-3H3. The van der Waals surface area contributed by atoms with Gasteiger partial charge in [0.1, 0.15) is 5.75 Å². The molecule has 1 N–H and O–H groups in total. The zero-order chi connectivity index (χ0) is 13.2. The summed E-state index contributed by atoms with van der Waals surface area (Å²) < 4.78 is 5.20. The molecule has 0 amide bonds. The Labute approximate surface area is 114 Å². The first-order valence-corrected chi connectivity index (χ1v) is 6.70. The van der Waals surface area contributed by atoms with E-state index in [4.69, 9.17) is 16.3 Å². The monoisotopic (exact) mass is 268 g/mol. The van der Waals surface area contributed by atoms with Crippen LogP contribution >= 0.6 is 11.6 Å². The lowest BCUT2D eigenvalue weighted by Gasteiger charge is -2.33. The van der Waals surface area contributed by atoms with Crippen molar-refractivity contribution in [3.63, 3.8) is 0 Å². The maximum atomic E-state index is 6.22. The predicted octanol–water partition coefficient (Wildman–Crippen LogP) is 2.49. The molecule has 0 aromatic heterocycles. The fourth-order valence-electron chi connectivity index (χ4n) is 2.59. The fourth-order valence-corrected chi connectivity index (χ4v) is 2.85. The summed E-state index contributed by atoms with van der Waals surface area (Å²) in [6.07, 6.45) is 1.18. The Kier molecular flexibility index (Phi) is 4.15. The SMILES string of the molecule is COc1ccc(C2(C)CN(C)CCCN2)cc1Cl. The molecule has 18 heavy (non-hydrogen) atoms. The van der Waals surface area contributed by atoms with E-state index in [9.17, 15) is 0 Å². The van der Waals surface area contributed by atoms with Crippen molar-refractivity contribution >= 4 is 11.6 Å². The van der Waals surface area contributed by atoms with Crippen LogP contribution in [0.3, 0.4) is 0 Å². The maximum Gasteiger partial charge on any atom is 0.137 e. The van der Waals surface area contributed by atoms with Gasteiger partial charge in [-0.15, -0.1) is 0 Å². The molecule has 100 valence electrons. The molecule has 0 saturated carbocycles. The molecule has 0 spiro atoms. The smallest absolute Gasteiger partial charge is 0.137 e. The Morgan fingerprint density at radius 2 is 2.22 bits per heavy atom. The van der Waals surface area contributed by atoms with Gasteiger partial charge in [-0.2, -0.15) is 0 Å². The van der Waals surface area contributed by atoms with Crippen LogP contribution in [-0.4, -0.2) is 38.7 Å². The third-order valence-electron chi connectivity index (χ3n) is 3.61. The highest BCUT2D eigenvalue weighted by Gasteiger charge is 2.29. The molecule has 0 aliphatic carbocycles. The largest absolute Gasteiger partial charge is 0.495 e. The second kappa shape index (κ2) is 5.47. The van der Waals surface area contributed by atoms with E-state index in [2.05, 4.69) is 30.3 Å². The molecule has 3 nitrogen and oxygen atoms in total. The van der Waals surface area contributed by atoms with E-state index in [0.717, 1.165) is 25.4 Å². The van der Waals surface area contributed by atoms with Crippen molar-refractivity contribution in [2.24, 2.45) is 0 Å². The van der Waals surface area contributed by atoms with Gasteiger partial charge in [0.05, 0.1) is 17.7 Å². The van der Waals surface area contributed by atoms with Gasteiger partial charge < -0.3 is 15.0 Å². The number of hydrogen-bond donors (Lipinski definition) is 1. The van der Waals surface area contributed by atoms with Crippen LogP contribution in [0.5, 0.6) is 5.75 Å². The van der Waals surface area contributed by atoms with Gasteiger partial charge >= 0.3 is 0 Å². The van der Waals surface area contributed by atoms with Crippen LogP contribution in [0.25, 0.3) is 0 Å². The molecule has 1 aromatic rings. The number of rotatable bonds is 2. The molecule has 0 bridgehead atoms. The van der Waals surface area contributed by atoms with Gasteiger partial charge in [0.25, 0.3) is 0 Å². The minimum Gasteiger partial charge on any atom is -0.495 e. The molecule has 2 rings (SSSR count). The molecule has 4 heteroatoms. The minimum atomic E-state index is -0.0544. The maximum absolute atomic E-state index is 6.22. The van der Waals surface area contributed by atoms with Gasteiger partial charge in [0.2, 0.25) is 0 Å². The van der Waals surface area contributed by atoms with E-state index in [1.54, 1.807) is 7.11 Å². The number of nitrogens with zero attached hydrogens (tertiary/aromatic N) is 1. The van der Waals surface area contributed by atoms with Crippen molar-refractivity contribution in [2.75, 3.05) is 33.8 Å². The highest BCUT2D eigenvalue weighted by molar-refractivity contribution is 6.32. The number of likely N-dealkylation sites (N-methyl/N-ethyl adjacent to an activating group) is 1. The topological polar surface area (TPSA) is 24.5 Å². The van der Waals surface area contributed by atoms with Gasteiger partial charge in [-0.3, -0.25) is 0 Å². The van der Waals surface area contributed by atoms with E-state index in [0.29, 0.717) is 5.02 Å². The first-order valence-electron chi connectivity index (χ1n) is 6.33. The van der Waals surface area contributed by atoms with E-state index >= 15 is 0 Å². The highest BCUT2D eigenvalue weighted by atomic mass is 35.5. The van der Waals surface area contributed by atoms with Crippen LogP contribution in [-0.2, 0) is 5.54 Å². The second-order valence-electron chi connectivity index (χ2n) is 5.20. The molecular weight excluding hydrogens is 248 g/mol. The van der Waals surface area contributed by atoms with Gasteiger partial charge in [-0.05, 0) is 51.2 Å². The van der Waals surface area contributed by atoms with Gasteiger partial charge in [-0.25, -0.2) is 0 Å². The van der Waals surface area contributed by atoms with Crippen molar-refractivity contribution in [1.29, 1.82) is 0 Å².